The van der Waals surface area contributed by atoms with Crippen LogP contribution >= 0.6 is 0 Å². The summed E-state index contributed by atoms with van der Waals surface area (Å²) < 4.78 is 31.6. The van der Waals surface area contributed by atoms with E-state index >= 15 is 0 Å². The van der Waals surface area contributed by atoms with Crippen LogP contribution in [0.5, 0.6) is 5.75 Å². The van der Waals surface area contributed by atoms with E-state index in [1.165, 1.54) is 36.4 Å². The number of allylic oxidation sites excluding steroid dienone is 1. The summed E-state index contributed by atoms with van der Waals surface area (Å²) in [7, 11) is 0. The van der Waals surface area contributed by atoms with E-state index in [2.05, 4.69) is 0 Å². The van der Waals surface area contributed by atoms with Crippen LogP contribution < -0.4 is 4.74 Å². The molecule has 0 unspecified atom stereocenters. The van der Waals surface area contributed by atoms with Crippen molar-refractivity contribution in [2.45, 2.75) is 0 Å². The number of carbonyl (C=O) groups excluding carboxylic acids is 1. The number of hydrogen-bond acceptors (Lipinski definition) is 3. The molecule has 0 amide bonds. The molecular formula is C17H11F2NO2. The Morgan fingerprint density at radius 3 is 2.59 bits per heavy atom. The Morgan fingerprint density at radius 2 is 1.91 bits per heavy atom. The molecule has 0 aromatic heterocycles. The predicted octanol–water partition coefficient (Wildman–Crippen LogP) is 3.76. The van der Waals surface area contributed by atoms with Crippen LogP contribution in [-0.4, -0.2) is 12.4 Å². The minimum Gasteiger partial charge on any atom is -0.479 e. The van der Waals surface area contributed by atoms with Gasteiger partial charge in [0.2, 0.25) is 0 Å². The maximum atomic E-state index is 13.4. The molecule has 0 bridgehead atoms. The van der Waals surface area contributed by atoms with E-state index in [9.17, 15) is 13.6 Å². The highest BCUT2D eigenvalue weighted by molar-refractivity contribution is 6.06. The van der Waals surface area contributed by atoms with E-state index in [-0.39, 0.29) is 18.0 Å². The van der Waals surface area contributed by atoms with Crippen LogP contribution in [0, 0.1) is 23.0 Å². The van der Waals surface area contributed by atoms with E-state index in [4.69, 9.17) is 10.00 Å². The van der Waals surface area contributed by atoms with Gasteiger partial charge in [-0.15, -0.1) is 0 Å². The minimum absolute atomic E-state index is 0.00215. The van der Waals surface area contributed by atoms with E-state index < -0.39 is 11.6 Å². The number of halogens is 2. The fourth-order valence-corrected chi connectivity index (χ4v) is 1.74. The van der Waals surface area contributed by atoms with Crippen LogP contribution in [0.15, 0.2) is 48.5 Å². The molecule has 0 saturated carbocycles. The maximum absolute atomic E-state index is 13.4. The van der Waals surface area contributed by atoms with Gasteiger partial charge in [-0.05, 0) is 42.5 Å². The van der Waals surface area contributed by atoms with E-state index in [0.717, 1.165) is 6.07 Å². The minimum atomic E-state index is -0.994. The zero-order chi connectivity index (χ0) is 15.9. The Hall–Kier alpha value is -3.00. The summed E-state index contributed by atoms with van der Waals surface area (Å²) in [6, 6.07) is 11.8. The number of nitrogens with zero attached hydrogens (tertiary/aromatic N) is 1. The fraction of sp³-hybridized carbons (Fsp3) is 0.0588. The Kier molecular flexibility index (Phi) is 4.99. The maximum Gasteiger partial charge on any atom is 0.185 e. The van der Waals surface area contributed by atoms with Gasteiger partial charge in [0, 0.05) is 11.1 Å². The van der Waals surface area contributed by atoms with Crippen molar-refractivity contribution < 1.29 is 18.3 Å². The van der Waals surface area contributed by atoms with Crippen LogP contribution in [-0.2, 0) is 0 Å². The normalized spacial score (nSPS) is 10.4. The first kappa shape index (κ1) is 15.4. The van der Waals surface area contributed by atoms with Gasteiger partial charge in [0.1, 0.15) is 11.8 Å². The molecule has 0 aliphatic rings. The Labute approximate surface area is 126 Å². The number of rotatable bonds is 5. The summed E-state index contributed by atoms with van der Waals surface area (Å²) >= 11 is 0. The van der Waals surface area contributed by atoms with Gasteiger partial charge < -0.3 is 4.74 Å². The predicted molar refractivity (Wildman–Crippen MR) is 77.3 cm³/mol. The highest BCUT2D eigenvalue weighted by Gasteiger charge is 2.06. The highest BCUT2D eigenvalue weighted by atomic mass is 19.2. The molecule has 22 heavy (non-hydrogen) atoms. The molecule has 0 spiro atoms. The van der Waals surface area contributed by atoms with E-state index in [0.29, 0.717) is 11.3 Å². The molecule has 0 atom stereocenters. The van der Waals surface area contributed by atoms with Crippen molar-refractivity contribution in [1.82, 2.24) is 0 Å². The van der Waals surface area contributed by atoms with Gasteiger partial charge >= 0.3 is 0 Å². The third-order valence-corrected chi connectivity index (χ3v) is 2.84. The number of nitriles is 1. The quantitative estimate of drug-likeness (QED) is 0.624. The molecular weight excluding hydrogens is 288 g/mol. The van der Waals surface area contributed by atoms with Gasteiger partial charge in [0.25, 0.3) is 0 Å². The topological polar surface area (TPSA) is 50.1 Å². The van der Waals surface area contributed by atoms with Crippen molar-refractivity contribution in [2.75, 3.05) is 6.61 Å². The van der Waals surface area contributed by atoms with Crippen LogP contribution in [0.25, 0.3) is 6.08 Å². The van der Waals surface area contributed by atoms with Crippen LogP contribution in [0.1, 0.15) is 15.9 Å². The summed E-state index contributed by atoms with van der Waals surface area (Å²) in [5, 5.41) is 8.39. The smallest absolute Gasteiger partial charge is 0.185 e. The lowest BCUT2D eigenvalue weighted by Crippen LogP contribution is -1.97. The molecule has 0 N–H and O–H groups in total. The van der Waals surface area contributed by atoms with Crippen molar-refractivity contribution in [3.05, 3.63) is 71.3 Å². The van der Waals surface area contributed by atoms with Crippen molar-refractivity contribution in [1.29, 1.82) is 5.26 Å². The number of benzene rings is 2. The third kappa shape index (κ3) is 3.76. The standard InChI is InChI=1S/C17H11F2NO2/c18-15-3-1-2-13(17(15)19)6-9-16(21)12-4-7-14(8-5-12)22-11-10-20/h1-9H,11H2/b9-6+. The number of ether oxygens (including phenoxy) is 1. The first-order valence-electron chi connectivity index (χ1n) is 6.38. The molecule has 0 aliphatic carbocycles. The molecule has 2 rings (SSSR count). The van der Waals surface area contributed by atoms with Crippen molar-refractivity contribution in [2.24, 2.45) is 0 Å². The lowest BCUT2D eigenvalue weighted by Gasteiger charge is -2.02. The van der Waals surface area contributed by atoms with E-state index in [1.54, 1.807) is 12.1 Å². The largest absolute Gasteiger partial charge is 0.479 e. The van der Waals surface area contributed by atoms with Gasteiger partial charge in [-0.25, -0.2) is 8.78 Å². The zero-order valence-electron chi connectivity index (χ0n) is 11.4. The Balaban J connectivity index is 2.10. The fourth-order valence-electron chi connectivity index (χ4n) is 1.74. The Morgan fingerprint density at radius 1 is 1.18 bits per heavy atom. The second-order valence-electron chi connectivity index (χ2n) is 4.31. The third-order valence-electron chi connectivity index (χ3n) is 2.84. The first-order valence-corrected chi connectivity index (χ1v) is 6.38. The van der Waals surface area contributed by atoms with Gasteiger partial charge in [0.05, 0.1) is 0 Å². The second kappa shape index (κ2) is 7.14. The molecule has 3 nitrogen and oxygen atoms in total. The van der Waals surface area contributed by atoms with Gasteiger partial charge in [-0.3, -0.25) is 4.79 Å². The summed E-state index contributed by atoms with van der Waals surface area (Å²) in [5.74, 6) is -1.84. The molecule has 2 aromatic carbocycles. The average molecular weight is 299 g/mol. The zero-order valence-corrected chi connectivity index (χ0v) is 11.4. The molecule has 5 heteroatoms. The molecule has 0 fully saturated rings. The molecule has 110 valence electrons. The Bertz CT molecular complexity index is 746. The molecule has 0 radical (unpaired) electrons. The SMILES string of the molecule is N#CCOc1ccc(C(=O)/C=C/c2cccc(F)c2F)cc1. The summed E-state index contributed by atoms with van der Waals surface area (Å²) in [4.78, 5) is 11.9. The van der Waals surface area contributed by atoms with Crippen LogP contribution in [0.3, 0.4) is 0 Å². The lowest BCUT2D eigenvalue weighted by atomic mass is 10.1. The lowest BCUT2D eigenvalue weighted by molar-refractivity contribution is 0.104. The summed E-state index contributed by atoms with van der Waals surface area (Å²) in [6.45, 7) is -0.0773. The average Bonchev–Trinajstić information content (AvgIpc) is 2.54. The molecule has 0 saturated heterocycles. The first-order chi connectivity index (χ1) is 10.6. The second-order valence-corrected chi connectivity index (χ2v) is 4.31. The summed E-state index contributed by atoms with van der Waals surface area (Å²) in [5.41, 5.74) is 0.375. The number of ketones is 1. The molecule has 0 aliphatic heterocycles. The van der Waals surface area contributed by atoms with Crippen molar-refractivity contribution >= 4 is 11.9 Å². The highest BCUT2D eigenvalue weighted by Crippen LogP contribution is 2.15. The number of hydrogen-bond donors (Lipinski definition) is 0. The monoisotopic (exact) mass is 299 g/mol. The van der Waals surface area contributed by atoms with Crippen LogP contribution in [0.2, 0.25) is 0 Å². The van der Waals surface area contributed by atoms with Crippen molar-refractivity contribution in [3.63, 3.8) is 0 Å². The van der Waals surface area contributed by atoms with Gasteiger partial charge in [0.15, 0.2) is 24.0 Å². The van der Waals surface area contributed by atoms with Gasteiger partial charge in [-0.2, -0.15) is 5.26 Å². The summed E-state index contributed by atoms with van der Waals surface area (Å²) in [6.07, 6.45) is 2.39. The number of carbonyl (C=O) groups is 1. The van der Waals surface area contributed by atoms with Crippen molar-refractivity contribution in [3.8, 4) is 11.8 Å². The van der Waals surface area contributed by atoms with Gasteiger partial charge in [-0.1, -0.05) is 12.1 Å². The van der Waals surface area contributed by atoms with E-state index in [1.807, 2.05) is 6.07 Å². The van der Waals surface area contributed by atoms with Crippen LogP contribution in [0.4, 0.5) is 8.78 Å². The molecule has 2 aromatic rings. The molecule has 0 heterocycles.